The summed E-state index contributed by atoms with van der Waals surface area (Å²) in [6, 6.07) is 6.67. The molecule has 0 spiro atoms. The maximum Gasteiger partial charge on any atom is 0.323 e. The number of anilines is 3. The molecular weight excluding hydrogens is 610 g/mol. The molecule has 2 fully saturated rings. The van der Waals surface area contributed by atoms with Crippen molar-refractivity contribution in [2.45, 2.75) is 58.3 Å². The molecular formula is C33H47N5O7S. The fourth-order valence-corrected chi connectivity index (χ4v) is 6.86. The zero-order valence-corrected chi connectivity index (χ0v) is 28.1. The number of hydrogen-bond acceptors (Lipinski definition) is 8. The van der Waals surface area contributed by atoms with Gasteiger partial charge in [-0.3, -0.25) is 14.4 Å². The highest BCUT2D eigenvalue weighted by Crippen LogP contribution is 2.40. The van der Waals surface area contributed by atoms with Crippen LogP contribution >= 0.6 is 0 Å². The van der Waals surface area contributed by atoms with Crippen molar-refractivity contribution in [3.63, 3.8) is 0 Å². The van der Waals surface area contributed by atoms with Gasteiger partial charge in [0, 0.05) is 31.9 Å². The predicted molar refractivity (Wildman–Crippen MR) is 179 cm³/mol. The highest BCUT2D eigenvalue weighted by atomic mass is 32.2. The molecule has 1 aliphatic heterocycles. The Labute approximate surface area is 271 Å². The van der Waals surface area contributed by atoms with Crippen LogP contribution in [0.2, 0.25) is 0 Å². The zero-order chi connectivity index (χ0) is 33.1. The molecule has 252 valence electrons. The number of aliphatic hydroxyl groups is 1. The Kier molecular flexibility index (Phi) is 10.3. The van der Waals surface area contributed by atoms with Crippen LogP contribution in [0.25, 0.3) is 0 Å². The van der Waals surface area contributed by atoms with Crippen LogP contribution in [0.5, 0.6) is 11.5 Å². The molecule has 2 aromatic carbocycles. The quantitative estimate of drug-likeness (QED) is 0.254. The molecule has 1 saturated heterocycles. The Bertz CT molecular complexity index is 1550. The number of urea groups is 1. The van der Waals surface area contributed by atoms with E-state index in [9.17, 15) is 23.1 Å². The average Bonchev–Trinajstić information content (AvgIpc) is 3.65. The largest absolute Gasteiger partial charge is 0.492 e. The Morgan fingerprint density at radius 3 is 2.43 bits per heavy atom. The number of aliphatic hydroxyl groups excluding tert-OH is 1. The van der Waals surface area contributed by atoms with Crippen molar-refractivity contribution in [2.24, 2.45) is 5.92 Å². The molecule has 2 aliphatic carbocycles. The van der Waals surface area contributed by atoms with Crippen molar-refractivity contribution in [3.05, 3.63) is 41.0 Å². The van der Waals surface area contributed by atoms with Crippen LogP contribution < -0.4 is 24.8 Å². The molecule has 0 unspecified atom stereocenters. The lowest BCUT2D eigenvalue weighted by molar-refractivity contribution is -0.136. The average molecular weight is 658 g/mol. The number of piperazine rings is 1. The first kappa shape index (κ1) is 33.8. The van der Waals surface area contributed by atoms with Gasteiger partial charge < -0.3 is 30.1 Å². The molecule has 5 rings (SSSR count). The molecule has 0 aromatic heterocycles. The van der Waals surface area contributed by atoms with Gasteiger partial charge in [-0.05, 0) is 84.4 Å². The number of nitrogens with zero attached hydrogens (tertiary/aromatic N) is 2. The lowest BCUT2D eigenvalue weighted by Crippen LogP contribution is -2.51. The summed E-state index contributed by atoms with van der Waals surface area (Å²) in [4.78, 5) is 30.0. The number of carbonyl (C=O) groups excluding carboxylic acids is 2. The lowest BCUT2D eigenvalue weighted by Gasteiger charge is -2.34. The van der Waals surface area contributed by atoms with E-state index in [0.717, 1.165) is 61.3 Å². The summed E-state index contributed by atoms with van der Waals surface area (Å²) in [5.41, 5.74) is 3.68. The van der Waals surface area contributed by atoms with Crippen LogP contribution in [-0.2, 0) is 33.1 Å². The van der Waals surface area contributed by atoms with Gasteiger partial charge in [0.15, 0.2) is 5.75 Å². The highest BCUT2D eigenvalue weighted by Gasteiger charge is 2.30. The van der Waals surface area contributed by atoms with Gasteiger partial charge in [0.2, 0.25) is 15.9 Å². The van der Waals surface area contributed by atoms with Gasteiger partial charge >= 0.3 is 6.03 Å². The maximum absolute atomic E-state index is 13.3. The second kappa shape index (κ2) is 14.1. The maximum atomic E-state index is 13.3. The fourth-order valence-electron chi connectivity index (χ4n) is 6.03. The first-order valence-corrected chi connectivity index (χ1v) is 17.7. The third-order valence-corrected chi connectivity index (χ3v) is 10.0. The Morgan fingerprint density at radius 1 is 1.04 bits per heavy atom. The summed E-state index contributed by atoms with van der Waals surface area (Å²) in [6.07, 6.45) is 5.08. The molecule has 3 aliphatic rings. The van der Waals surface area contributed by atoms with E-state index in [1.807, 2.05) is 37.8 Å². The van der Waals surface area contributed by atoms with E-state index in [1.54, 1.807) is 12.1 Å². The summed E-state index contributed by atoms with van der Waals surface area (Å²) >= 11 is 0. The lowest BCUT2D eigenvalue weighted by atomic mass is 9.86. The van der Waals surface area contributed by atoms with Gasteiger partial charge in [0.25, 0.3) is 0 Å². The minimum absolute atomic E-state index is 0.157. The fraction of sp³-hybridized carbons (Fsp3) is 0.576. The van der Waals surface area contributed by atoms with Crippen molar-refractivity contribution in [1.29, 1.82) is 0 Å². The van der Waals surface area contributed by atoms with E-state index in [4.69, 9.17) is 9.47 Å². The monoisotopic (exact) mass is 657 g/mol. The van der Waals surface area contributed by atoms with Crippen molar-refractivity contribution in [3.8, 4) is 11.5 Å². The van der Waals surface area contributed by atoms with Crippen LogP contribution in [0.4, 0.5) is 21.9 Å². The number of ether oxygens (including phenoxy) is 2. The number of nitrogens with one attached hydrogen (secondary N) is 3. The Balaban J connectivity index is 1.24. The topological polar surface area (TPSA) is 150 Å². The number of fused-ring (bicyclic) bond motifs is 1. The SMILES string of the molecule is COc1c(NC(=O)Nc2ccc(OCCN3CCN(CC4CC4)C(=O)C3)c3c2CCC3)cc(C(C)(C)C)cc1NS(=O)(=O)CCO. The molecule has 1 heterocycles. The van der Waals surface area contributed by atoms with Crippen LogP contribution in [0.1, 0.15) is 56.7 Å². The predicted octanol–water partition coefficient (Wildman–Crippen LogP) is 3.79. The van der Waals surface area contributed by atoms with Gasteiger partial charge in [-0.15, -0.1) is 0 Å². The van der Waals surface area contributed by atoms with E-state index in [2.05, 4.69) is 20.3 Å². The molecule has 1 saturated carbocycles. The van der Waals surface area contributed by atoms with E-state index in [0.29, 0.717) is 37.0 Å². The van der Waals surface area contributed by atoms with E-state index < -0.39 is 28.4 Å². The summed E-state index contributed by atoms with van der Waals surface area (Å²) in [5.74, 6) is 1.39. The van der Waals surface area contributed by atoms with E-state index in [-0.39, 0.29) is 22.8 Å². The van der Waals surface area contributed by atoms with Gasteiger partial charge in [0.1, 0.15) is 12.4 Å². The molecule has 0 bridgehead atoms. The minimum atomic E-state index is -3.84. The molecule has 3 amide bonds. The molecule has 2 aromatic rings. The van der Waals surface area contributed by atoms with Crippen LogP contribution in [0, 0.1) is 5.92 Å². The van der Waals surface area contributed by atoms with E-state index in [1.165, 1.54) is 20.0 Å². The van der Waals surface area contributed by atoms with Crippen molar-refractivity contribution in [1.82, 2.24) is 9.80 Å². The smallest absolute Gasteiger partial charge is 0.323 e. The molecule has 46 heavy (non-hydrogen) atoms. The number of hydrogen-bond donors (Lipinski definition) is 4. The third kappa shape index (κ3) is 8.42. The number of sulfonamides is 1. The number of carbonyl (C=O) groups is 2. The van der Waals surface area contributed by atoms with Gasteiger partial charge in [-0.1, -0.05) is 20.8 Å². The first-order valence-electron chi connectivity index (χ1n) is 16.1. The first-order chi connectivity index (χ1) is 21.9. The molecule has 12 nitrogen and oxygen atoms in total. The second-order valence-corrected chi connectivity index (χ2v) is 15.2. The Morgan fingerprint density at radius 2 is 1.76 bits per heavy atom. The highest BCUT2D eigenvalue weighted by molar-refractivity contribution is 7.92. The summed E-state index contributed by atoms with van der Waals surface area (Å²) < 4.78 is 39.2. The summed E-state index contributed by atoms with van der Waals surface area (Å²) in [7, 11) is -2.44. The van der Waals surface area contributed by atoms with Crippen LogP contribution in [-0.4, -0.2) is 94.1 Å². The number of benzene rings is 2. The van der Waals surface area contributed by atoms with E-state index >= 15 is 0 Å². The zero-order valence-electron chi connectivity index (χ0n) is 27.3. The number of methoxy groups -OCH3 is 1. The standard InChI is InChI=1S/C33H47N5O7S/c1-33(2,3)23-18-27(31(44-4)28(19-23)36-46(42,43)17-15-39)35-32(41)34-26-10-11-29(25-7-5-6-24(25)26)45-16-14-37-12-13-38(30(40)21-37)20-22-8-9-22/h10-11,18-19,22,36,39H,5-9,12-17,20-21H2,1-4H3,(H2,34,35,41). The molecule has 0 radical (unpaired) electrons. The second-order valence-electron chi connectivity index (χ2n) is 13.4. The number of rotatable bonds is 13. The van der Waals surface area contributed by atoms with Gasteiger partial charge in [-0.25, -0.2) is 13.2 Å². The minimum Gasteiger partial charge on any atom is -0.492 e. The molecule has 4 N–H and O–H groups in total. The van der Waals surface area contributed by atoms with Crippen molar-refractivity contribution >= 4 is 39.0 Å². The Hall–Kier alpha value is -3.55. The molecule has 13 heteroatoms. The van der Waals surface area contributed by atoms with Gasteiger partial charge in [0.05, 0.1) is 37.4 Å². The van der Waals surface area contributed by atoms with Crippen LogP contribution in [0.3, 0.4) is 0 Å². The third-order valence-electron chi connectivity index (χ3n) is 8.76. The van der Waals surface area contributed by atoms with Crippen LogP contribution in [0.15, 0.2) is 24.3 Å². The van der Waals surface area contributed by atoms with Gasteiger partial charge in [-0.2, -0.15) is 0 Å². The van der Waals surface area contributed by atoms with Crippen molar-refractivity contribution < 1.29 is 32.6 Å². The summed E-state index contributed by atoms with van der Waals surface area (Å²) in [6.45, 7) is 9.53. The molecule has 0 atom stereocenters. The number of amides is 3. The normalized spacial score (nSPS) is 17.1. The van der Waals surface area contributed by atoms with Crippen molar-refractivity contribution in [2.75, 3.05) is 74.2 Å². The summed E-state index contributed by atoms with van der Waals surface area (Å²) in [5, 5.41) is 15.0.